The number of nitrogens with one attached hydrogen (secondary N) is 1. The van der Waals surface area contributed by atoms with Crippen molar-refractivity contribution in [2.24, 2.45) is 7.05 Å². The van der Waals surface area contributed by atoms with Crippen molar-refractivity contribution in [2.75, 3.05) is 18.0 Å². The number of imidazole rings is 1. The molecule has 1 atom stereocenters. The summed E-state index contributed by atoms with van der Waals surface area (Å²) in [4.78, 5) is 18.5. The lowest BCUT2D eigenvalue weighted by atomic mass is 10.1. The number of hydrogen-bond acceptors (Lipinski definition) is 5. The van der Waals surface area contributed by atoms with Crippen LogP contribution in [0.1, 0.15) is 30.7 Å². The third kappa shape index (κ3) is 4.10. The van der Waals surface area contributed by atoms with Crippen molar-refractivity contribution < 1.29 is 4.79 Å². The second-order valence-electron chi connectivity index (χ2n) is 6.38. The van der Waals surface area contributed by atoms with Gasteiger partial charge in [-0.2, -0.15) is 5.10 Å². The second kappa shape index (κ2) is 7.42. The van der Waals surface area contributed by atoms with Gasteiger partial charge < -0.3 is 14.8 Å². The van der Waals surface area contributed by atoms with Crippen molar-refractivity contribution in [1.29, 1.82) is 0 Å². The van der Waals surface area contributed by atoms with Crippen molar-refractivity contribution in [2.45, 2.75) is 38.6 Å². The summed E-state index contributed by atoms with van der Waals surface area (Å²) in [7, 11) is 1.95. The maximum atomic E-state index is 12.2. The predicted molar refractivity (Wildman–Crippen MR) is 91.7 cm³/mol. The van der Waals surface area contributed by atoms with Crippen LogP contribution in [0.5, 0.6) is 0 Å². The van der Waals surface area contributed by atoms with E-state index in [2.05, 4.69) is 25.4 Å². The van der Waals surface area contributed by atoms with Gasteiger partial charge in [0.05, 0.1) is 12.0 Å². The summed E-state index contributed by atoms with van der Waals surface area (Å²) < 4.78 is 1.95. The number of nitrogens with zero attached hydrogens (tertiary/aromatic N) is 5. The van der Waals surface area contributed by atoms with Crippen LogP contribution in [0.4, 0.5) is 5.82 Å². The molecule has 3 rings (SSSR count). The Hall–Kier alpha value is -2.44. The fourth-order valence-electron chi connectivity index (χ4n) is 3.03. The zero-order valence-electron chi connectivity index (χ0n) is 14.3. The van der Waals surface area contributed by atoms with E-state index in [1.54, 1.807) is 6.33 Å². The van der Waals surface area contributed by atoms with Gasteiger partial charge in [0.25, 0.3) is 0 Å². The molecule has 24 heavy (non-hydrogen) atoms. The van der Waals surface area contributed by atoms with Gasteiger partial charge >= 0.3 is 0 Å². The number of carbonyl (C=O) groups excluding carboxylic acids is 1. The molecule has 1 fully saturated rings. The SMILES string of the molecule is Cc1ccc(N2CCC[C@H](NC(=O)CCc3cncn3C)C2)nn1. The summed E-state index contributed by atoms with van der Waals surface area (Å²) in [6, 6.07) is 4.13. The third-order valence-electron chi connectivity index (χ3n) is 4.42. The van der Waals surface area contributed by atoms with Crippen LogP contribution in [0, 0.1) is 6.92 Å². The van der Waals surface area contributed by atoms with E-state index in [1.165, 1.54) is 0 Å². The fourth-order valence-corrected chi connectivity index (χ4v) is 3.03. The van der Waals surface area contributed by atoms with Crippen LogP contribution in [0.2, 0.25) is 0 Å². The van der Waals surface area contributed by atoms with E-state index in [4.69, 9.17) is 0 Å². The molecular weight excluding hydrogens is 304 g/mol. The van der Waals surface area contributed by atoms with Gasteiger partial charge in [0.2, 0.25) is 5.91 Å². The molecule has 1 amide bonds. The Kier molecular flexibility index (Phi) is 5.08. The highest BCUT2D eigenvalue weighted by Crippen LogP contribution is 2.17. The van der Waals surface area contributed by atoms with Gasteiger partial charge in [0.15, 0.2) is 5.82 Å². The summed E-state index contributed by atoms with van der Waals surface area (Å²) in [6.07, 6.45) is 6.82. The lowest BCUT2D eigenvalue weighted by Crippen LogP contribution is -2.48. The van der Waals surface area contributed by atoms with E-state index in [1.807, 2.05) is 36.9 Å². The maximum absolute atomic E-state index is 12.2. The standard InChI is InChI=1S/C17H24N6O/c1-13-5-7-16(21-20-13)23-9-3-4-14(11-23)19-17(24)8-6-15-10-18-12-22(15)2/h5,7,10,12,14H,3-4,6,8-9,11H2,1-2H3,(H,19,24)/t14-/m0/s1. The van der Waals surface area contributed by atoms with E-state index < -0.39 is 0 Å². The van der Waals surface area contributed by atoms with Crippen LogP contribution in [-0.4, -0.2) is 44.8 Å². The number of hydrogen-bond donors (Lipinski definition) is 1. The van der Waals surface area contributed by atoms with Crippen molar-refractivity contribution in [3.63, 3.8) is 0 Å². The smallest absolute Gasteiger partial charge is 0.220 e. The lowest BCUT2D eigenvalue weighted by molar-refractivity contribution is -0.121. The Bertz CT molecular complexity index is 681. The van der Waals surface area contributed by atoms with Gasteiger partial charge in [-0.05, 0) is 38.3 Å². The molecule has 0 saturated carbocycles. The highest BCUT2D eigenvalue weighted by atomic mass is 16.1. The largest absolute Gasteiger partial charge is 0.353 e. The summed E-state index contributed by atoms with van der Waals surface area (Å²) in [6.45, 7) is 3.67. The molecule has 0 bridgehead atoms. The van der Waals surface area contributed by atoms with Gasteiger partial charge in [-0.15, -0.1) is 5.10 Å². The molecule has 0 aliphatic carbocycles. The first-order chi connectivity index (χ1) is 11.6. The van der Waals surface area contributed by atoms with E-state index in [-0.39, 0.29) is 11.9 Å². The van der Waals surface area contributed by atoms with E-state index in [9.17, 15) is 4.79 Å². The number of piperidine rings is 1. The number of aromatic nitrogens is 4. The highest BCUT2D eigenvalue weighted by Gasteiger charge is 2.22. The minimum atomic E-state index is 0.0954. The first kappa shape index (κ1) is 16.4. The average Bonchev–Trinajstić information content (AvgIpc) is 2.99. The number of anilines is 1. The van der Waals surface area contributed by atoms with E-state index in [0.29, 0.717) is 12.8 Å². The van der Waals surface area contributed by atoms with Crippen LogP contribution in [0.15, 0.2) is 24.7 Å². The molecule has 1 aliphatic heterocycles. The van der Waals surface area contributed by atoms with Crippen molar-refractivity contribution in [1.82, 2.24) is 25.1 Å². The monoisotopic (exact) mass is 328 g/mol. The van der Waals surface area contributed by atoms with Crippen LogP contribution >= 0.6 is 0 Å². The Morgan fingerprint density at radius 1 is 1.38 bits per heavy atom. The lowest BCUT2D eigenvalue weighted by Gasteiger charge is -2.33. The summed E-state index contributed by atoms with van der Waals surface area (Å²) in [5.74, 6) is 0.979. The molecule has 3 heterocycles. The quantitative estimate of drug-likeness (QED) is 0.893. The van der Waals surface area contributed by atoms with Gasteiger partial charge in [0, 0.05) is 44.5 Å². The van der Waals surface area contributed by atoms with Gasteiger partial charge in [0.1, 0.15) is 0 Å². The molecule has 1 N–H and O–H groups in total. The minimum Gasteiger partial charge on any atom is -0.353 e. The van der Waals surface area contributed by atoms with Gasteiger partial charge in [-0.25, -0.2) is 4.98 Å². The zero-order valence-corrected chi connectivity index (χ0v) is 14.3. The van der Waals surface area contributed by atoms with E-state index >= 15 is 0 Å². The Morgan fingerprint density at radius 2 is 2.25 bits per heavy atom. The Labute approximate surface area is 142 Å². The molecule has 0 spiro atoms. The molecule has 2 aromatic rings. The normalized spacial score (nSPS) is 17.8. The molecule has 128 valence electrons. The number of rotatable bonds is 5. The number of aryl methyl sites for hydroxylation is 3. The zero-order chi connectivity index (χ0) is 16.9. The third-order valence-corrected chi connectivity index (χ3v) is 4.42. The topological polar surface area (TPSA) is 75.9 Å². The minimum absolute atomic E-state index is 0.0954. The van der Waals surface area contributed by atoms with Crippen LogP contribution in [-0.2, 0) is 18.3 Å². The average molecular weight is 328 g/mol. The first-order valence-electron chi connectivity index (χ1n) is 8.41. The van der Waals surface area contributed by atoms with E-state index in [0.717, 1.165) is 43.1 Å². The van der Waals surface area contributed by atoms with Crippen molar-refractivity contribution >= 4 is 11.7 Å². The predicted octanol–water partition coefficient (Wildman–Crippen LogP) is 1.24. The molecule has 7 heteroatoms. The molecule has 7 nitrogen and oxygen atoms in total. The van der Waals surface area contributed by atoms with Crippen molar-refractivity contribution in [3.05, 3.63) is 36.0 Å². The Balaban J connectivity index is 1.50. The number of amides is 1. The fraction of sp³-hybridized carbons (Fsp3) is 0.529. The van der Waals surface area contributed by atoms with Crippen molar-refractivity contribution in [3.8, 4) is 0 Å². The molecular formula is C17H24N6O. The maximum Gasteiger partial charge on any atom is 0.220 e. The van der Waals surface area contributed by atoms with Gasteiger partial charge in [-0.3, -0.25) is 4.79 Å². The Morgan fingerprint density at radius 3 is 2.96 bits per heavy atom. The number of carbonyl (C=O) groups is 1. The molecule has 0 unspecified atom stereocenters. The highest BCUT2D eigenvalue weighted by molar-refractivity contribution is 5.76. The molecule has 2 aromatic heterocycles. The molecule has 1 saturated heterocycles. The van der Waals surface area contributed by atoms with Crippen LogP contribution in [0.3, 0.4) is 0 Å². The summed E-state index contributed by atoms with van der Waals surface area (Å²) >= 11 is 0. The van der Waals surface area contributed by atoms with Crippen LogP contribution in [0.25, 0.3) is 0 Å². The van der Waals surface area contributed by atoms with Gasteiger partial charge in [-0.1, -0.05) is 0 Å². The second-order valence-corrected chi connectivity index (χ2v) is 6.38. The molecule has 1 aliphatic rings. The van der Waals surface area contributed by atoms with Crippen LogP contribution < -0.4 is 10.2 Å². The molecule has 0 aromatic carbocycles. The summed E-state index contributed by atoms with van der Waals surface area (Å²) in [5, 5.41) is 11.5. The molecule has 0 radical (unpaired) electrons. The summed E-state index contributed by atoms with van der Waals surface area (Å²) in [5.41, 5.74) is 1.99. The first-order valence-corrected chi connectivity index (χ1v) is 8.41.